The van der Waals surface area contributed by atoms with Crippen molar-refractivity contribution in [3.8, 4) is 0 Å². The Hall–Kier alpha value is -3.35. The average Bonchev–Trinajstić information content (AvgIpc) is 2.72. The van der Waals surface area contributed by atoms with Crippen LogP contribution >= 0.6 is 0 Å². The second-order valence-corrected chi connectivity index (χ2v) is 6.13. The lowest BCUT2D eigenvalue weighted by molar-refractivity contribution is -0.115. The van der Waals surface area contributed by atoms with E-state index in [-0.39, 0.29) is 18.4 Å². The van der Waals surface area contributed by atoms with Gasteiger partial charge in [0.15, 0.2) is 0 Å². The third kappa shape index (κ3) is 6.42. The van der Waals surface area contributed by atoms with Crippen molar-refractivity contribution in [2.45, 2.75) is 20.4 Å². The van der Waals surface area contributed by atoms with E-state index in [0.717, 1.165) is 5.56 Å². The van der Waals surface area contributed by atoms with Crippen LogP contribution in [0.3, 0.4) is 0 Å². The topological polar surface area (TPSA) is 90.5 Å². The normalized spacial score (nSPS) is 10.1. The molecule has 7 heteroatoms. The van der Waals surface area contributed by atoms with Gasteiger partial charge in [-0.3, -0.25) is 9.59 Å². The summed E-state index contributed by atoms with van der Waals surface area (Å²) in [7, 11) is 0. The smallest absolute Gasteiger partial charge is 0.315 e. The van der Waals surface area contributed by atoms with Crippen LogP contribution in [-0.4, -0.2) is 42.4 Å². The monoisotopic (exact) mass is 382 g/mol. The Morgan fingerprint density at radius 2 is 1.61 bits per heavy atom. The van der Waals surface area contributed by atoms with E-state index in [1.807, 2.05) is 44.2 Å². The van der Waals surface area contributed by atoms with Gasteiger partial charge in [-0.1, -0.05) is 36.4 Å². The minimum absolute atomic E-state index is 0.0838. The SMILES string of the molecule is CCN(CC)C(=O)c1cccc(NC(=O)CNC(=O)NCc2ccccc2)c1. The van der Waals surface area contributed by atoms with Gasteiger partial charge in [-0.25, -0.2) is 4.79 Å². The Morgan fingerprint density at radius 3 is 2.29 bits per heavy atom. The highest BCUT2D eigenvalue weighted by atomic mass is 16.2. The van der Waals surface area contributed by atoms with E-state index in [4.69, 9.17) is 0 Å². The number of hydrogen-bond acceptors (Lipinski definition) is 3. The van der Waals surface area contributed by atoms with Gasteiger partial charge in [-0.15, -0.1) is 0 Å². The summed E-state index contributed by atoms with van der Waals surface area (Å²) in [6, 6.07) is 15.8. The molecule has 2 aromatic rings. The Bertz CT molecular complexity index is 804. The first-order valence-corrected chi connectivity index (χ1v) is 9.28. The molecule has 0 aromatic heterocycles. The van der Waals surface area contributed by atoms with Crippen molar-refractivity contribution >= 4 is 23.5 Å². The predicted octanol–water partition coefficient (Wildman–Crippen LogP) is 2.61. The van der Waals surface area contributed by atoms with Crippen LogP contribution in [0.2, 0.25) is 0 Å². The Kier molecular flexibility index (Phi) is 8.02. The van der Waals surface area contributed by atoms with E-state index in [9.17, 15) is 14.4 Å². The quantitative estimate of drug-likeness (QED) is 0.655. The molecule has 3 N–H and O–H groups in total. The van der Waals surface area contributed by atoms with Crippen molar-refractivity contribution in [2.75, 3.05) is 25.0 Å². The molecule has 28 heavy (non-hydrogen) atoms. The standard InChI is InChI=1S/C21H26N4O3/c1-3-25(4-2)20(27)17-11-8-12-18(13-17)24-19(26)15-23-21(28)22-14-16-9-6-5-7-10-16/h5-13H,3-4,14-15H2,1-2H3,(H,24,26)(H2,22,23,28). The molecule has 0 aliphatic heterocycles. The molecule has 0 saturated carbocycles. The van der Waals surface area contributed by atoms with Crippen LogP contribution in [0, 0.1) is 0 Å². The number of anilines is 1. The first kappa shape index (κ1) is 21.0. The highest BCUT2D eigenvalue weighted by Crippen LogP contribution is 2.12. The number of hydrogen-bond donors (Lipinski definition) is 3. The second-order valence-electron chi connectivity index (χ2n) is 6.13. The number of nitrogens with zero attached hydrogens (tertiary/aromatic N) is 1. The third-order valence-electron chi connectivity index (χ3n) is 4.15. The molecule has 0 bridgehead atoms. The van der Waals surface area contributed by atoms with E-state index in [0.29, 0.717) is 30.9 Å². The van der Waals surface area contributed by atoms with E-state index in [1.54, 1.807) is 29.2 Å². The van der Waals surface area contributed by atoms with E-state index in [1.165, 1.54) is 0 Å². The fourth-order valence-electron chi connectivity index (χ4n) is 2.63. The molecule has 0 radical (unpaired) electrons. The maximum absolute atomic E-state index is 12.4. The van der Waals surface area contributed by atoms with Gasteiger partial charge in [0.2, 0.25) is 5.91 Å². The number of benzene rings is 2. The van der Waals surface area contributed by atoms with Crippen LogP contribution in [-0.2, 0) is 11.3 Å². The molecule has 0 aliphatic rings. The van der Waals surface area contributed by atoms with Crippen molar-refractivity contribution in [2.24, 2.45) is 0 Å². The number of carbonyl (C=O) groups excluding carboxylic acids is 3. The molecule has 4 amide bonds. The van der Waals surface area contributed by atoms with Crippen LogP contribution in [0.15, 0.2) is 54.6 Å². The summed E-state index contributed by atoms with van der Waals surface area (Å²) in [5.41, 5.74) is 1.99. The average molecular weight is 382 g/mol. The maximum atomic E-state index is 12.4. The van der Waals surface area contributed by atoms with Crippen LogP contribution in [0.25, 0.3) is 0 Å². The molecule has 0 saturated heterocycles. The first-order chi connectivity index (χ1) is 13.5. The lowest BCUT2D eigenvalue weighted by atomic mass is 10.1. The Labute approximate surface area is 165 Å². The summed E-state index contributed by atoms with van der Waals surface area (Å²) in [5, 5.41) is 7.89. The molecule has 0 atom stereocenters. The summed E-state index contributed by atoms with van der Waals surface area (Å²) in [4.78, 5) is 38.0. The van der Waals surface area contributed by atoms with E-state index < -0.39 is 6.03 Å². The molecule has 0 aliphatic carbocycles. The van der Waals surface area contributed by atoms with Crippen molar-refractivity contribution in [1.29, 1.82) is 0 Å². The number of amides is 4. The van der Waals surface area contributed by atoms with Gasteiger partial charge >= 0.3 is 6.03 Å². The summed E-state index contributed by atoms with van der Waals surface area (Å²) >= 11 is 0. The molecule has 0 spiro atoms. The summed E-state index contributed by atoms with van der Waals surface area (Å²) in [6.07, 6.45) is 0. The van der Waals surface area contributed by atoms with Gasteiger partial charge in [0, 0.05) is 30.9 Å². The minimum atomic E-state index is -0.426. The fraction of sp³-hybridized carbons (Fsp3) is 0.286. The number of carbonyl (C=O) groups is 3. The van der Waals surface area contributed by atoms with E-state index in [2.05, 4.69) is 16.0 Å². The molecule has 2 aromatic carbocycles. The zero-order valence-electron chi connectivity index (χ0n) is 16.2. The summed E-state index contributed by atoms with van der Waals surface area (Å²) in [6.45, 7) is 5.28. The fourth-order valence-corrected chi connectivity index (χ4v) is 2.63. The van der Waals surface area contributed by atoms with Gasteiger partial charge < -0.3 is 20.9 Å². The minimum Gasteiger partial charge on any atom is -0.339 e. The van der Waals surface area contributed by atoms with Gasteiger partial charge in [0.25, 0.3) is 5.91 Å². The maximum Gasteiger partial charge on any atom is 0.315 e. The molecule has 2 rings (SSSR count). The largest absolute Gasteiger partial charge is 0.339 e. The highest BCUT2D eigenvalue weighted by molar-refractivity contribution is 5.98. The van der Waals surface area contributed by atoms with Crippen LogP contribution in [0.5, 0.6) is 0 Å². The van der Waals surface area contributed by atoms with Gasteiger partial charge in [0.1, 0.15) is 0 Å². The van der Waals surface area contributed by atoms with Crippen molar-refractivity contribution in [3.05, 3.63) is 65.7 Å². The molecular formula is C21H26N4O3. The number of nitrogens with one attached hydrogen (secondary N) is 3. The predicted molar refractivity (Wildman–Crippen MR) is 109 cm³/mol. The van der Waals surface area contributed by atoms with Crippen LogP contribution in [0.1, 0.15) is 29.8 Å². The molecule has 0 fully saturated rings. The van der Waals surface area contributed by atoms with Crippen LogP contribution in [0.4, 0.5) is 10.5 Å². The van der Waals surface area contributed by atoms with Crippen molar-refractivity contribution < 1.29 is 14.4 Å². The molecule has 0 unspecified atom stereocenters. The lowest BCUT2D eigenvalue weighted by Crippen LogP contribution is -2.39. The van der Waals surface area contributed by atoms with E-state index >= 15 is 0 Å². The second kappa shape index (κ2) is 10.7. The highest BCUT2D eigenvalue weighted by Gasteiger charge is 2.13. The Balaban J connectivity index is 1.81. The summed E-state index contributed by atoms with van der Waals surface area (Å²) in [5.74, 6) is -0.457. The molecule has 148 valence electrons. The van der Waals surface area contributed by atoms with Gasteiger partial charge in [-0.05, 0) is 37.6 Å². The Morgan fingerprint density at radius 1 is 0.893 bits per heavy atom. The first-order valence-electron chi connectivity index (χ1n) is 9.28. The molecule has 7 nitrogen and oxygen atoms in total. The lowest BCUT2D eigenvalue weighted by Gasteiger charge is -2.19. The third-order valence-corrected chi connectivity index (χ3v) is 4.15. The number of urea groups is 1. The summed E-state index contributed by atoms with van der Waals surface area (Å²) < 4.78 is 0. The van der Waals surface area contributed by atoms with Gasteiger partial charge in [-0.2, -0.15) is 0 Å². The number of rotatable bonds is 8. The molecule has 0 heterocycles. The van der Waals surface area contributed by atoms with Crippen LogP contribution < -0.4 is 16.0 Å². The van der Waals surface area contributed by atoms with Gasteiger partial charge in [0.05, 0.1) is 6.54 Å². The molecular weight excluding hydrogens is 356 g/mol. The van der Waals surface area contributed by atoms with Crippen molar-refractivity contribution in [1.82, 2.24) is 15.5 Å². The zero-order valence-corrected chi connectivity index (χ0v) is 16.2. The van der Waals surface area contributed by atoms with Crippen molar-refractivity contribution in [3.63, 3.8) is 0 Å². The zero-order chi connectivity index (χ0) is 20.4.